The first-order chi connectivity index (χ1) is 11.8. The van der Waals surface area contributed by atoms with Crippen LogP contribution in [0.25, 0.3) is 0 Å². The Morgan fingerprint density at radius 2 is 1.88 bits per heavy atom. The summed E-state index contributed by atoms with van der Waals surface area (Å²) in [5, 5.41) is 6.68. The van der Waals surface area contributed by atoms with Gasteiger partial charge in [0.05, 0.1) is 12.1 Å². The van der Waals surface area contributed by atoms with Crippen molar-refractivity contribution in [1.82, 2.24) is 0 Å². The van der Waals surface area contributed by atoms with E-state index in [0.29, 0.717) is 29.4 Å². The molecule has 2 aromatic carbocycles. The van der Waals surface area contributed by atoms with Crippen molar-refractivity contribution in [2.24, 2.45) is 0 Å². The number of benzene rings is 2. The van der Waals surface area contributed by atoms with E-state index in [1.807, 2.05) is 18.2 Å². The molecule has 1 amide bonds. The lowest BCUT2D eigenvalue weighted by Gasteiger charge is -2.23. The number of carbonyl (C=O) groups is 1. The molecule has 0 heterocycles. The maximum absolute atomic E-state index is 12.1. The summed E-state index contributed by atoms with van der Waals surface area (Å²) >= 11 is 6.07. The van der Waals surface area contributed by atoms with Crippen LogP contribution >= 0.6 is 11.6 Å². The number of halogens is 1. The van der Waals surface area contributed by atoms with Gasteiger partial charge in [0.15, 0.2) is 0 Å². The molecule has 0 saturated heterocycles. The van der Waals surface area contributed by atoms with Gasteiger partial charge >= 0.3 is 0 Å². The third-order valence-electron chi connectivity index (χ3n) is 3.84. The maximum Gasteiger partial charge on any atom is 0.226 e. The number of anilines is 2. The Hall–Kier alpha value is -2.20. The summed E-state index contributed by atoms with van der Waals surface area (Å²) in [7, 11) is 1.56. The lowest BCUT2D eigenvalue weighted by atomic mass is 9.86. The third-order valence-corrected chi connectivity index (χ3v) is 4.13. The van der Waals surface area contributed by atoms with E-state index in [1.54, 1.807) is 25.3 Å². The molecule has 134 valence electrons. The zero-order valence-electron chi connectivity index (χ0n) is 15.2. The summed E-state index contributed by atoms with van der Waals surface area (Å²) in [6, 6.07) is 13.4. The monoisotopic (exact) mass is 360 g/mol. The Balaban J connectivity index is 1.90. The van der Waals surface area contributed by atoms with Crippen LogP contribution in [0.1, 0.15) is 32.8 Å². The molecule has 0 unspecified atom stereocenters. The molecule has 0 aliphatic heterocycles. The highest BCUT2D eigenvalue weighted by atomic mass is 35.5. The summed E-state index contributed by atoms with van der Waals surface area (Å²) in [5.74, 6) is 0.516. The predicted octanol–water partition coefficient (Wildman–Crippen LogP) is 5.09. The normalized spacial score (nSPS) is 11.1. The molecule has 0 saturated carbocycles. The van der Waals surface area contributed by atoms with Crippen molar-refractivity contribution < 1.29 is 9.53 Å². The minimum atomic E-state index is -0.0676. The molecule has 0 aliphatic carbocycles. The van der Waals surface area contributed by atoms with E-state index in [0.717, 1.165) is 5.69 Å². The number of hydrogen-bond acceptors (Lipinski definition) is 3. The second-order valence-corrected chi connectivity index (χ2v) is 7.28. The molecule has 0 aromatic heterocycles. The third kappa shape index (κ3) is 5.40. The fraction of sp³-hybridized carbons (Fsp3) is 0.350. The molecular formula is C20H25ClN2O2. The minimum Gasteiger partial charge on any atom is -0.495 e. The van der Waals surface area contributed by atoms with Gasteiger partial charge in [0.2, 0.25) is 5.91 Å². The van der Waals surface area contributed by atoms with Gasteiger partial charge in [-0.2, -0.15) is 0 Å². The Kier molecular flexibility index (Phi) is 6.32. The Bertz CT molecular complexity index is 739. The zero-order chi connectivity index (χ0) is 18.4. The highest BCUT2D eigenvalue weighted by Crippen LogP contribution is 2.29. The zero-order valence-corrected chi connectivity index (χ0v) is 15.9. The van der Waals surface area contributed by atoms with Crippen molar-refractivity contribution in [2.45, 2.75) is 32.6 Å². The lowest BCUT2D eigenvalue weighted by Crippen LogP contribution is -2.19. The molecule has 0 radical (unpaired) electrons. The van der Waals surface area contributed by atoms with E-state index >= 15 is 0 Å². The van der Waals surface area contributed by atoms with Crippen molar-refractivity contribution in [1.29, 1.82) is 0 Å². The molecule has 0 fully saturated rings. The number of hydrogen-bond donors (Lipinski definition) is 2. The number of methoxy groups -OCH3 is 1. The average Bonchev–Trinajstić information content (AvgIpc) is 2.54. The van der Waals surface area contributed by atoms with E-state index in [4.69, 9.17) is 16.3 Å². The van der Waals surface area contributed by atoms with E-state index in [2.05, 4.69) is 37.5 Å². The van der Waals surface area contributed by atoms with Gasteiger partial charge in [-0.1, -0.05) is 50.6 Å². The van der Waals surface area contributed by atoms with Crippen LogP contribution in [0.15, 0.2) is 42.5 Å². The molecule has 0 atom stereocenters. The predicted molar refractivity (Wildman–Crippen MR) is 105 cm³/mol. The first-order valence-corrected chi connectivity index (χ1v) is 8.66. The van der Waals surface area contributed by atoms with Gasteiger partial charge in [0.1, 0.15) is 5.75 Å². The van der Waals surface area contributed by atoms with Crippen LogP contribution in [0.3, 0.4) is 0 Å². The number of amides is 1. The van der Waals surface area contributed by atoms with Crippen LogP contribution in [0, 0.1) is 0 Å². The fourth-order valence-electron chi connectivity index (χ4n) is 2.57. The summed E-state index contributed by atoms with van der Waals surface area (Å²) < 4.78 is 5.10. The van der Waals surface area contributed by atoms with Crippen LogP contribution in [0.4, 0.5) is 11.4 Å². The van der Waals surface area contributed by atoms with E-state index in [-0.39, 0.29) is 11.3 Å². The van der Waals surface area contributed by atoms with Crippen molar-refractivity contribution >= 4 is 28.9 Å². The standard InChI is InChI=1S/C20H25ClN2O2/c1-20(2,3)15-7-5-6-8-17(15)22-12-11-19(24)23-14-9-10-18(25-4)16(21)13-14/h5-10,13,22H,11-12H2,1-4H3,(H,23,24). The number of carbonyl (C=O) groups excluding carboxylic acids is 1. The fourth-order valence-corrected chi connectivity index (χ4v) is 2.83. The van der Waals surface area contributed by atoms with Crippen LogP contribution in [0.2, 0.25) is 5.02 Å². The molecule has 5 heteroatoms. The highest BCUT2D eigenvalue weighted by Gasteiger charge is 2.17. The Morgan fingerprint density at radius 1 is 1.16 bits per heavy atom. The highest BCUT2D eigenvalue weighted by molar-refractivity contribution is 6.32. The number of nitrogens with one attached hydrogen (secondary N) is 2. The topological polar surface area (TPSA) is 50.4 Å². The second kappa shape index (κ2) is 8.26. The van der Waals surface area contributed by atoms with Crippen LogP contribution in [-0.2, 0) is 10.2 Å². The SMILES string of the molecule is COc1ccc(NC(=O)CCNc2ccccc2C(C)(C)C)cc1Cl. The molecule has 25 heavy (non-hydrogen) atoms. The quantitative estimate of drug-likeness (QED) is 0.754. The lowest BCUT2D eigenvalue weighted by molar-refractivity contribution is -0.115. The molecule has 4 nitrogen and oxygen atoms in total. The van der Waals surface area contributed by atoms with Crippen molar-refractivity contribution in [3.63, 3.8) is 0 Å². The van der Waals surface area contributed by atoms with Gasteiger partial charge in [-0.15, -0.1) is 0 Å². The van der Waals surface area contributed by atoms with E-state index in [9.17, 15) is 4.79 Å². The van der Waals surface area contributed by atoms with Crippen LogP contribution in [0.5, 0.6) is 5.75 Å². The van der Waals surface area contributed by atoms with Crippen LogP contribution in [-0.4, -0.2) is 19.6 Å². The summed E-state index contributed by atoms with van der Waals surface area (Å²) in [4.78, 5) is 12.1. The first kappa shape index (κ1) is 19.1. The molecule has 2 aromatic rings. The van der Waals surface area contributed by atoms with Gasteiger partial charge in [0.25, 0.3) is 0 Å². The van der Waals surface area contributed by atoms with E-state index in [1.165, 1.54) is 5.56 Å². The van der Waals surface area contributed by atoms with Crippen molar-refractivity contribution in [2.75, 3.05) is 24.3 Å². The van der Waals surface area contributed by atoms with Gasteiger partial charge in [-0.25, -0.2) is 0 Å². The first-order valence-electron chi connectivity index (χ1n) is 8.28. The van der Waals surface area contributed by atoms with Gasteiger partial charge in [-0.05, 0) is 35.2 Å². The molecule has 2 N–H and O–H groups in total. The molecule has 2 rings (SSSR count). The second-order valence-electron chi connectivity index (χ2n) is 6.87. The van der Waals surface area contributed by atoms with Gasteiger partial charge in [0, 0.05) is 24.3 Å². The Labute approximate surface area is 154 Å². The summed E-state index contributed by atoms with van der Waals surface area (Å²) in [5.41, 5.74) is 3.00. The maximum atomic E-state index is 12.1. The summed E-state index contributed by atoms with van der Waals surface area (Å²) in [6.45, 7) is 7.08. The Morgan fingerprint density at radius 3 is 2.52 bits per heavy atom. The summed E-state index contributed by atoms with van der Waals surface area (Å²) in [6.07, 6.45) is 0.363. The largest absolute Gasteiger partial charge is 0.495 e. The van der Waals surface area contributed by atoms with E-state index < -0.39 is 0 Å². The molecular weight excluding hydrogens is 336 g/mol. The molecule has 0 bridgehead atoms. The number of rotatable bonds is 6. The minimum absolute atomic E-state index is 0.0473. The van der Waals surface area contributed by atoms with Gasteiger partial charge in [-0.3, -0.25) is 4.79 Å². The van der Waals surface area contributed by atoms with Crippen molar-refractivity contribution in [3.8, 4) is 5.75 Å². The number of ether oxygens (including phenoxy) is 1. The smallest absolute Gasteiger partial charge is 0.226 e. The molecule has 0 spiro atoms. The van der Waals surface area contributed by atoms with Gasteiger partial charge < -0.3 is 15.4 Å². The average molecular weight is 361 g/mol. The van der Waals surface area contributed by atoms with Crippen molar-refractivity contribution in [3.05, 3.63) is 53.1 Å². The molecule has 0 aliphatic rings. The number of para-hydroxylation sites is 1. The van der Waals surface area contributed by atoms with Crippen LogP contribution < -0.4 is 15.4 Å².